The fraction of sp³-hybridized carbons (Fsp3) is 0.714. The molecule has 4 heterocycles. The molecular weight excluding hydrogens is 274 g/mol. The first-order valence-electron chi connectivity index (χ1n) is 7.30. The summed E-state index contributed by atoms with van der Waals surface area (Å²) in [7, 11) is 0. The van der Waals surface area contributed by atoms with Gasteiger partial charge in [0.05, 0.1) is 12.1 Å². The number of nitrogens with zero attached hydrogens (tertiary/aromatic N) is 3. The molecule has 3 aliphatic heterocycles. The second-order valence-corrected chi connectivity index (χ2v) is 6.79. The molecule has 0 aromatic carbocycles. The van der Waals surface area contributed by atoms with Crippen LogP contribution in [-0.4, -0.2) is 66.1 Å². The lowest BCUT2D eigenvalue weighted by Gasteiger charge is -2.25. The first kappa shape index (κ1) is 12.7. The molecule has 6 heteroatoms. The van der Waals surface area contributed by atoms with Gasteiger partial charge in [-0.3, -0.25) is 9.69 Å². The van der Waals surface area contributed by atoms with E-state index in [0.29, 0.717) is 23.6 Å². The van der Waals surface area contributed by atoms with Crippen molar-refractivity contribution >= 4 is 17.2 Å². The first-order valence-corrected chi connectivity index (χ1v) is 8.25. The highest BCUT2D eigenvalue weighted by atomic mass is 32.1. The second kappa shape index (κ2) is 5.09. The number of ether oxygens (including phenoxy) is 1. The third kappa shape index (κ3) is 2.16. The highest BCUT2D eigenvalue weighted by Gasteiger charge is 2.44. The van der Waals surface area contributed by atoms with E-state index in [2.05, 4.69) is 9.88 Å². The quantitative estimate of drug-likeness (QED) is 0.814. The zero-order valence-electron chi connectivity index (χ0n) is 11.4. The van der Waals surface area contributed by atoms with Gasteiger partial charge in [-0.15, -0.1) is 11.3 Å². The molecule has 1 aromatic heterocycles. The number of aromatic nitrogens is 1. The minimum absolute atomic E-state index is 0.108. The molecular formula is C14H19N3O2S. The maximum atomic E-state index is 12.3. The first-order chi connectivity index (χ1) is 9.81. The van der Waals surface area contributed by atoms with Gasteiger partial charge in [-0.25, -0.2) is 4.98 Å². The molecule has 1 amide bonds. The molecule has 20 heavy (non-hydrogen) atoms. The third-order valence-corrected chi connectivity index (χ3v) is 5.46. The monoisotopic (exact) mass is 293 g/mol. The van der Waals surface area contributed by atoms with Crippen LogP contribution in [0.25, 0.3) is 0 Å². The fourth-order valence-electron chi connectivity index (χ4n) is 3.78. The molecule has 5 nitrogen and oxygen atoms in total. The largest absolute Gasteiger partial charge is 0.380 e. The van der Waals surface area contributed by atoms with Crippen molar-refractivity contribution in [2.75, 3.05) is 39.4 Å². The van der Waals surface area contributed by atoms with Gasteiger partial charge in [0.25, 0.3) is 5.91 Å². The molecule has 1 aromatic rings. The molecule has 3 aliphatic rings. The van der Waals surface area contributed by atoms with Crippen molar-refractivity contribution in [1.29, 1.82) is 0 Å². The summed E-state index contributed by atoms with van der Waals surface area (Å²) in [4.78, 5) is 21.0. The van der Waals surface area contributed by atoms with E-state index in [-0.39, 0.29) is 5.91 Å². The van der Waals surface area contributed by atoms with Gasteiger partial charge >= 0.3 is 0 Å². The normalized spacial score (nSPS) is 33.8. The van der Waals surface area contributed by atoms with Crippen LogP contribution in [0.3, 0.4) is 0 Å². The summed E-state index contributed by atoms with van der Waals surface area (Å²) in [5, 5.41) is 1.85. The number of hydrogen-bond donors (Lipinski definition) is 0. The van der Waals surface area contributed by atoms with Crippen molar-refractivity contribution in [2.45, 2.75) is 12.5 Å². The van der Waals surface area contributed by atoms with Crippen molar-refractivity contribution in [1.82, 2.24) is 14.8 Å². The van der Waals surface area contributed by atoms with Gasteiger partial charge in [-0.1, -0.05) is 0 Å². The van der Waals surface area contributed by atoms with Crippen LogP contribution in [0.1, 0.15) is 16.9 Å². The third-order valence-electron chi connectivity index (χ3n) is 4.88. The van der Waals surface area contributed by atoms with Crippen LogP contribution in [0, 0.1) is 11.8 Å². The average Bonchev–Trinajstić information content (AvgIpc) is 3.19. The van der Waals surface area contributed by atoms with Crippen LogP contribution < -0.4 is 0 Å². The molecule has 0 spiro atoms. The predicted molar refractivity (Wildman–Crippen MR) is 75.8 cm³/mol. The minimum atomic E-state index is 0.108. The van der Waals surface area contributed by atoms with Gasteiger partial charge in [0.2, 0.25) is 0 Å². The Balaban J connectivity index is 1.38. The van der Waals surface area contributed by atoms with E-state index in [1.165, 1.54) is 17.8 Å². The summed E-state index contributed by atoms with van der Waals surface area (Å²) in [6, 6.07) is 0.614. The number of carbonyl (C=O) groups excluding carboxylic acids is 1. The Morgan fingerprint density at radius 2 is 2.10 bits per heavy atom. The van der Waals surface area contributed by atoms with Crippen molar-refractivity contribution < 1.29 is 9.53 Å². The van der Waals surface area contributed by atoms with Crippen LogP contribution in [0.5, 0.6) is 0 Å². The lowest BCUT2D eigenvalue weighted by molar-refractivity contribution is 0.0762. The summed E-state index contributed by atoms with van der Waals surface area (Å²) in [5.41, 5.74) is 2.34. The Labute approximate surface area is 122 Å². The zero-order chi connectivity index (χ0) is 13.5. The van der Waals surface area contributed by atoms with E-state index in [1.807, 2.05) is 10.3 Å². The summed E-state index contributed by atoms with van der Waals surface area (Å²) < 4.78 is 5.49. The number of carbonyl (C=O) groups is 1. The van der Waals surface area contributed by atoms with Gasteiger partial charge in [-0.05, 0) is 18.3 Å². The lowest BCUT2D eigenvalue weighted by atomic mass is 10.0. The Kier molecular flexibility index (Phi) is 3.24. The van der Waals surface area contributed by atoms with E-state index < -0.39 is 0 Å². The van der Waals surface area contributed by atoms with E-state index in [4.69, 9.17) is 4.74 Å². The summed E-state index contributed by atoms with van der Waals surface area (Å²) >= 11 is 1.48. The van der Waals surface area contributed by atoms with Crippen LogP contribution in [0.4, 0.5) is 0 Å². The Hall–Kier alpha value is -0.980. The number of rotatable bonds is 2. The molecule has 108 valence electrons. The number of fused-ring (bicyclic) bond motifs is 1. The number of thiazole rings is 1. The van der Waals surface area contributed by atoms with E-state index in [9.17, 15) is 4.79 Å². The molecule has 0 radical (unpaired) electrons. The van der Waals surface area contributed by atoms with Gasteiger partial charge in [0.1, 0.15) is 5.69 Å². The Morgan fingerprint density at radius 1 is 1.30 bits per heavy atom. The fourth-order valence-corrected chi connectivity index (χ4v) is 4.31. The van der Waals surface area contributed by atoms with Crippen molar-refractivity contribution in [2.24, 2.45) is 11.8 Å². The Bertz CT molecular complexity index is 473. The van der Waals surface area contributed by atoms with Crippen molar-refractivity contribution in [3.63, 3.8) is 0 Å². The molecule has 0 bridgehead atoms. The second-order valence-electron chi connectivity index (χ2n) is 6.08. The molecule has 4 rings (SSSR count). The molecule has 3 atom stereocenters. The molecule has 0 aliphatic carbocycles. The maximum absolute atomic E-state index is 12.3. The molecule has 0 N–H and O–H groups in total. The van der Waals surface area contributed by atoms with Gasteiger partial charge in [-0.2, -0.15) is 0 Å². The van der Waals surface area contributed by atoms with E-state index >= 15 is 0 Å². The van der Waals surface area contributed by atoms with Gasteiger partial charge < -0.3 is 9.64 Å². The highest BCUT2D eigenvalue weighted by molar-refractivity contribution is 7.07. The summed E-state index contributed by atoms with van der Waals surface area (Å²) in [6.45, 7) is 5.83. The highest BCUT2D eigenvalue weighted by Crippen LogP contribution is 2.34. The number of amides is 1. The lowest BCUT2D eigenvalue weighted by Crippen LogP contribution is -2.38. The zero-order valence-corrected chi connectivity index (χ0v) is 12.2. The smallest absolute Gasteiger partial charge is 0.273 e. The van der Waals surface area contributed by atoms with Crippen LogP contribution in [-0.2, 0) is 4.74 Å². The predicted octanol–water partition coefficient (Wildman–Crippen LogP) is 0.936. The van der Waals surface area contributed by atoms with Crippen molar-refractivity contribution in [3.05, 3.63) is 16.6 Å². The van der Waals surface area contributed by atoms with Gasteiger partial charge in [0, 0.05) is 44.2 Å². The standard InChI is InChI=1S/C14H19N3O2S/c18-14(13-8-20-9-15-13)17-5-10-3-16(4-11(10)6-17)12-1-2-19-7-12/h8-12H,1-7H2/t10-,11+,12-/m0/s1. The average molecular weight is 293 g/mol. The van der Waals surface area contributed by atoms with Crippen LogP contribution >= 0.6 is 11.3 Å². The SMILES string of the molecule is O=C(c1cscn1)N1C[C@@H]2CN([C@H]3CCOC3)C[C@@H]2C1. The van der Waals surface area contributed by atoms with E-state index in [1.54, 1.807) is 5.51 Å². The van der Waals surface area contributed by atoms with Gasteiger partial charge in [0.15, 0.2) is 0 Å². The van der Waals surface area contributed by atoms with E-state index in [0.717, 1.165) is 39.4 Å². The molecule has 3 fully saturated rings. The molecule has 0 saturated carbocycles. The topological polar surface area (TPSA) is 45.7 Å². The van der Waals surface area contributed by atoms with Crippen LogP contribution in [0.2, 0.25) is 0 Å². The summed E-state index contributed by atoms with van der Waals surface area (Å²) in [6.07, 6.45) is 1.17. The van der Waals surface area contributed by atoms with Crippen molar-refractivity contribution in [3.8, 4) is 0 Å². The maximum Gasteiger partial charge on any atom is 0.273 e. The summed E-state index contributed by atoms with van der Waals surface area (Å²) in [5.74, 6) is 1.38. The number of likely N-dealkylation sites (tertiary alicyclic amines) is 2. The molecule has 3 saturated heterocycles. The minimum Gasteiger partial charge on any atom is -0.380 e. The molecule has 0 unspecified atom stereocenters. The number of hydrogen-bond acceptors (Lipinski definition) is 5. The Morgan fingerprint density at radius 3 is 2.70 bits per heavy atom. The van der Waals surface area contributed by atoms with Crippen LogP contribution in [0.15, 0.2) is 10.9 Å².